The van der Waals surface area contributed by atoms with Gasteiger partial charge in [-0.05, 0) is 19.3 Å². The molecule has 0 bridgehead atoms. The van der Waals surface area contributed by atoms with Crippen LogP contribution in [0.4, 0.5) is 5.95 Å². The smallest absolute Gasteiger partial charge is 0.203 e. The van der Waals surface area contributed by atoms with Crippen LogP contribution in [0.25, 0.3) is 0 Å². The van der Waals surface area contributed by atoms with Gasteiger partial charge in [0, 0.05) is 25.0 Å². The number of allylic oxidation sites excluding steroid dienone is 1. The summed E-state index contributed by atoms with van der Waals surface area (Å²) >= 11 is 0. The van der Waals surface area contributed by atoms with Crippen LogP contribution < -0.4 is 5.32 Å². The second-order valence-corrected chi connectivity index (χ2v) is 5.06. The van der Waals surface area contributed by atoms with Crippen molar-refractivity contribution in [2.45, 2.75) is 52.6 Å². The summed E-state index contributed by atoms with van der Waals surface area (Å²) in [5.41, 5.74) is 0. The fourth-order valence-corrected chi connectivity index (χ4v) is 1.86. The van der Waals surface area contributed by atoms with Gasteiger partial charge in [0.25, 0.3) is 0 Å². The van der Waals surface area contributed by atoms with Gasteiger partial charge in [-0.2, -0.15) is 0 Å². The third kappa shape index (κ3) is 5.07. The predicted octanol–water partition coefficient (Wildman–Crippen LogP) is 3.70. The summed E-state index contributed by atoms with van der Waals surface area (Å²) < 4.78 is 2.08. The lowest BCUT2D eigenvalue weighted by Gasteiger charge is -2.16. The Kier molecular flexibility index (Phi) is 5.81. The van der Waals surface area contributed by atoms with Crippen molar-refractivity contribution in [1.29, 1.82) is 0 Å². The quantitative estimate of drug-likeness (QED) is 0.696. The molecular weight excluding hydrogens is 210 g/mol. The number of anilines is 1. The van der Waals surface area contributed by atoms with Crippen LogP contribution in [-0.2, 0) is 6.54 Å². The molecule has 0 aliphatic carbocycles. The molecule has 3 heteroatoms. The van der Waals surface area contributed by atoms with Crippen LogP contribution in [-0.4, -0.2) is 15.6 Å². The van der Waals surface area contributed by atoms with Crippen LogP contribution in [0.1, 0.15) is 40.0 Å². The number of imidazole rings is 1. The zero-order chi connectivity index (χ0) is 12.7. The molecule has 0 fully saturated rings. The SMILES string of the molecule is C=CCn1ccnc1NC(C)CCCC(C)C. The molecule has 1 rings (SSSR count). The van der Waals surface area contributed by atoms with E-state index in [2.05, 4.69) is 42.2 Å². The Morgan fingerprint density at radius 1 is 1.41 bits per heavy atom. The van der Waals surface area contributed by atoms with Crippen molar-refractivity contribution in [3.05, 3.63) is 25.0 Å². The standard InChI is InChI=1S/C14H25N3/c1-5-10-17-11-9-15-14(17)16-13(4)8-6-7-12(2)3/h5,9,11-13H,1,6-8,10H2,2-4H3,(H,15,16). The van der Waals surface area contributed by atoms with E-state index in [1.807, 2.05) is 18.5 Å². The first-order valence-electron chi connectivity index (χ1n) is 6.52. The molecule has 0 radical (unpaired) electrons. The van der Waals surface area contributed by atoms with Gasteiger partial charge in [0.15, 0.2) is 0 Å². The van der Waals surface area contributed by atoms with E-state index in [9.17, 15) is 0 Å². The average Bonchev–Trinajstić information content (AvgIpc) is 2.66. The van der Waals surface area contributed by atoms with E-state index in [0.29, 0.717) is 6.04 Å². The molecule has 0 amide bonds. The zero-order valence-corrected chi connectivity index (χ0v) is 11.3. The van der Waals surface area contributed by atoms with Gasteiger partial charge in [-0.3, -0.25) is 0 Å². The third-order valence-electron chi connectivity index (χ3n) is 2.84. The number of hydrogen-bond acceptors (Lipinski definition) is 2. The van der Waals surface area contributed by atoms with E-state index >= 15 is 0 Å². The number of nitrogens with zero attached hydrogens (tertiary/aromatic N) is 2. The summed E-state index contributed by atoms with van der Waals surface area (Å²) in [6.07, 6.45) is 9.45. The Labute approximate surface area is 105 Å². The number of hydrogen-bond donors (Lipinski definition) is 1. The highest BCUT2D eigenvalue weighted by Gasteiger charge is 2.06. The molecule has 0 spiro atoms. The minimum Gasteiger partial charge on any atom is -0.353 e. The zero-order valence-electron chi connectivity index (χ0n) is 11.3. The van der Waals surface area contributed by atoms with Gasteiger partial charge in [-0.15, -0.1) is 6.58 Å². The molecule has 0 saturated heterocycles. The second-order valence-electron chi connectivity index (χ2n) is 5.06. The monoisotopic (exact) mass is 235 g/mol. The summed E-state index contributed by atoms with van der Waals surface area (Å²) in [5.74, 6) is 1.74. The lowest BCUT2D eigenvalue weighted by atomic mass is 10.0. The summed E-state index contributed by atoms with van der Waals surface area (Å²) in [7, 11) is 0. The second kappa shape index (κ2) is 7.15. The first-order valence-corrected chi connectivity index (χ1v) is 6.52. The van der Waals surface area contributed by atoms with Crippen LogP contribution in [0, 0.1) is 5.92 Å². The maximum absolute atomic E-state index is 4.32. The van der Waals surface area contributed by atoms with E-state index in [1.54, 1.807) is 0 Å². The van der Waals surface area contributed by atoms with E-state index < -0.39 is 0 Å². The summed E-state index contributed by atoms with van der Waals surface area (Å²) in [4.78, 5) is 4.32. The molecule has 0 aliphatic rings. The van der Waals surface area contributed by atoms with Crippen LogP contribution in [0.5, 0.6) is 0 Å². The van der Waals surface area contributed by atoms with Crippen molar-refractivity contribution >= 4 is 5.95 Å². The van der Waals surface area contributed by atoms with Gasteiger partial charge in [0.1, 0.15) is 0 Å². The fourth-order valence-electron chi connectivity index (χ4n) is 1.86. The van der Waals surface area contributed by atoms with Gasteiger partial charge in [0.05, 0.1) is 0 Å². The molecule has 1 aromatic heterocycles. The van der Waals surface area contributed by atoms with Crippen LogP contribution in [0.2, 0.25) is 0 Å². The molecule has 1 atom stereocenters. The molecule has 1 aromatic rings. The number of rotatable bonds is 8. The minimum absolute atomic E-state index is 0.472. The third-order valence-corrected chi connectivity index (χ3v) is 2.84. The molecule has 1 N–H and O–H groups in total. The van der Waals surface area contributed by atoms with Gasteiger partial charge in [-0.1, -0.05) is 32.8 Å². The normalized spacial score (nSPS) is 12.7. The van der Waals surface area contributed by atoms with Gasteiger partial charge < -0.3 is 9.88 Å². The summed E-state index contributed by atoms with van der Waals surface area (Å²) in [6.45, 7) is 11.3. The fraction of sp³-hybridized carbons (Fsp3) is 0.643. The van der Waals surface area contributed by atoms with Crippen LogP contribution in [0.15, 0.2) is 25.0 Å². The predicted molar refractivity (Wildman–Crippen MR) is 74.2 cm³/mol. The Morgan fingerprint density at radius 3 is 2.82 bits per heavy atom. The molecule has 1 heterocycles. The number of aromatic nitrogens is 2. The largest absolute Gasteiger partial charge is 0.353 e. The summed E-state index contributed by atoms with van der Waals surface area (Å²) in [5, 5.41) is 3.45. The van der Waals surface area contributed by atoms with Gasteiger partial charge in [0.2, 0.25) is 5.95 Å². The van der Waals surface area contributed by atoms with Crippen LogP contribution in [0.3, 0.4) is 0 Å². The minimum atomic E-state index is 0.472. The molecule has 3 nitrogen and oxygen atoms in total. The molecule has 1 unspecified atom stereocenters. The average molecular weight is 235 g/mol. The lowest BCUT2D eigenvalue weighted by molar-refractivity contribution is 0.518. The van der Waals surface area contributed by atoms with Crippen molar-refractivity contribution in [1.82, 2.24) is 9.55 Å². The Balaban J connectivity index is 2.36. The molecule has 17 heavy (non-hydrogen) atoms. The van der Waals surface area contributed by atoms with Gasteiger partial charge >= 0.3 is 0 Å². The first kappa shape index (κ1) is 13.8. The maximum atomic E-state index is 4.32. The van der Waals surface area contributed by atoms with E-state index in [1.165, 1.54) is 19.3 Å². The van der Waals surface area contributed by atoms with Crippen LogP contribution >= 0.6 is 0 Å². The molecule has 0 aliphatic heterocycles. The van der Waals surface area contributed by atoms with Crippen molar-refractivity contribution in [2.75, 3.05) is 5.32 Å². The Hall–Kier alpha value is -1.25. The highest BCUT2D eigenvalue weighted by molar-refractivity contribution is 5.27. The van der Waals surface area contributed by atoms with Crippen molar-refractivity contribution in [3.63, 3.8) is 0 Å². The molecular formula is C14H25N3. The summed E-state index contributed by atoms with van der Waals surface area (Å²) in [6, 6.07) is 0.472. The maximum Gasteiger partial charge on any atom is 0.203 e. The first-order chi connectivity index (χ1) is 8.13. The highest BCUT2D eigenvalue weighted by atomic mass is 15.2. The Bertz CT molecular complexity index is 328. The molecule has 0 aromatic carbocycles. The topological polar surface area (TPSA) is 29.9 Å². The van der Waals surface area contributed by atoms with E-state index in [-0.39, 0.29) is 0 Å². The van der Waals surface area contributed by atoms with Crippen molar-refractivity contribution in [2.24, 2.45) is 5.92 Å². The molecule has 0 saturated carbocycles. The van der Waals surface area contributed by atoms with Crippen molar-refractivity contribution in [3.8, 4) is 0 Å². The van der Waals surface area contributed by atoms with Gasteiger partial charge in [-0.25, -0.2) is 4.98 Å². The molecule has 96 valence electrons. The van der Waals surface area contributed by atoms with Crippen molar-refractivity contribution < 1.29 is 0 Å². The number of nitrogens with one attached hydrogen (secondary N) is 1. The van der Waals surface area contributed by atoms with E-state index in [0.717, 1.165) is 18.4 Å². The highest BCUT2D eigenvalue weighted by Crippen LogP contribution is 2.12. The lowest BCUT2D eigenvalue weighted by Crippen LogP contribution is -2.18. The Morgan fingerprint density at radius 2 is 2.18 bits per heavy atom. The van der Waals surface area contributed by atoms with E-state index in [4.69, 9.17) is 0 Å².